The molecule has 472 valence electrons. The Labute approximate surface area is 457 Å². The number of nitrogens with one attached hydrogen (secondary N) is 1. The molecule has 0 aliphatic carbocycles. The average Bonchev–Trinajstić information content (AvgIpc) is 3.55. The summed E-state index contributed by atoms with van der Waals surface area (Å²) in [5.41, 5.74) is 0. The van der Waals surface area contributed by atoms with Crippen LogP contribution >= 0.6 is 0 Å². The first kappa shape index (κ1) is 66.6. The monoisotopic (exact) mass is 1190 g/mol. The molecular weight excluding hydrogens is 1120 g/mol. The van der Waals surface area contributed by atoms with E-state index in [4.69, 9.17) is 61.6 Å². The maximum atomic E-state index is 12.3. The molecule has 0 aromatic rings. The van der Waals surface area contributed by atoms with Crippen LogP contribution in [0, 0.1) is 0 Å². The maximum absolute atomic E-state index is 12.3. The second-order valence-electron chi connectivity index (χ2n) is 20.3. The molecule has 35 atom stereocenters. The molecule has 0 unspecified atom stereocenters. The summed E-state index contributed by atoms with van der Waals surface area (Å²) in [5.74, 6) is -0.827. The number of aliphatic hydroxyl groups is 22. The van der Waals surface area contributed by atoms with Gasteiger partial charge in [-0.05, 0) is 0 Å². The van der Waals surface area contributed by atoms with Gasteiger partial charge in [0, 0.05) is 6.92 Å². The maximum Gasteiger partial charge on any atom is 0.217 e. The summed E-state index contributed by atoms with van der Waals surface area (Å²) in [6.07, 6.45) is -68.7. The van der Waals surface area contributed by atoms with E-state index in [1.54, 1.807) is 0 Å². The first-order valence-corrected chi connectivity index (χ1v) is 25.6. The van der Waals surface area contributed by atoms with Gasteiger partial charge >= 0.3 is 0 Å². The van der Waals surface area contributed by atoms with Gasteiger partial charge in [0.25, 0.3) is 0 Å². The van der Waals surface area contributed by atoms with Gasteiger partial charge in [-0.3, -0.25) is 4.79 Å². The molecule has 0 saturated carbocycles. The second-order valence-corrected chi connectivity index (χ2v) is 20.3. The average molecular weight is 1190 g/mol. The number of carbonyl (C=O) groups is 1. The van der Waals surface area contributed by atoms with E-state index in [1.165, 1.54) is 0 Å². The first-order valence-electron chi connectivity index (χ1n) is 25.6. The Balaban J connectivity index is 1.20. The van der Waals surface area contributed by atoms with Gasteiger partial charge < -0.3 is 179 Å². The van der Waals surface area contributed by atoms with Crippen molar-refractivity contribution in [2.24, 2.45) is 0 Å². The van der Waals surface area contributed by atoms with E-state index in [-0.39, 0.29) is 0 Å². The molecule has 7 heterocycles. The molecule has 1 amide bonds. The van der Waals surface area contributed by atoms with Crippen molar-refractivity contribution < 1.29 is 179 Å². The van der Waals surface area contributed by atoms with Gasteiger partial charge in [-0.2, -0.15) is 0 Å². The largest absolute Gasteiger partial charge is 0.394 e. The van der Waals surface area contributed by atoms with Crippen molar-refractivity contribution in [1.29, 1.82) is 0 Å². The lowest BCUT2D eigenvalue weighted by molar-refractivity contribution is -0.402. The Morgan fingerprint density at radius 3 is 1.12 bits per heavy atom. The van der Waals surface area contributed by atoms with Crippen molar-refractivity contribution in [3.63, 3.8) is 0 Å². The van der Waals surface area contributed by atoms with Crippen LogP contribution < -0.4 is 5.32 Å². The van der Waals surface area contributed by atoms with Gasteiger partial charge in [-0.25, -0.2) is 0 Å². The fourth-order valence-corrected chi connectivity index (χ4v) is 10.3. The third kappa shape index (κ3) is 14.1. The molecule has 7 aliphatic rings. The lowest BCUT2D eigenvalue weighted by Gasteiger charge is -2.50. The minimum atomic E-state index is -2.39. The lowest BCUT2D eigenvalue weighted by atomic mass is 9.95. The van der Waals surface area contributed by atoms with Crippen LogP contribution in [0.4, 0.5) is 0 Å². The summed E-state index contributed by atoms with van der Waals surface area (Å²) in [4.78, 5) is 12.3. The van der Waals surface area contributed by atoms with Crippen molar-refractivity contribution in [3.8, 4) is 0 Å². The Morgan fingerprint density at radius 2 is 0.654 bits per heavy atom. The zero-order chi connectivity index (χ0) is 59.6. The van der Waals surface area contributed by atoms with Crippen LogP contribution in [0.15, 0.2) is 0 Å². The SMILES string of the molecule is CC(=O)N[C@H]1[C@@H](O[C@H]2[C@H](O[C@H]3[C@H](O[C@@H]4O[C@H](CO)[C@@H](O)[C@H](O)[C@H]4O)[C@@H](O)[C@@H](O)O[C@@H]3CO[C@@H]3O[C@H](CO)[C@@H](O)[C@H](O)[C@H]3O[C@H]3O[C@H](CO)[C@@H](O[C@@H]4O[C@H](CO)[C@H](O)[C@H](O)[C@H]4O)[C@H](O)[C@H]3O)O[C@H](CO)[C@@H](O)[C@@H]2O)O[C@H](CO)[C@@H](O)[C@@H]1O. The zero-order valence-corrected chi connectivity index (χ0v) is 42.7. The number of hydrogen-bond acceptors (Lipinski definition) is 36. The van der Waals surface area contributed by atoms with Crippen molar-refractivity contribution in [1.82, 2.24) is 5.32 Å². The summed E-state index contributed by atoms with van der Waals surface area (Å²) in [7, 11) is 0. The summed E-state index contributed by atoms with van der Waals surface area (Å²) in [5, 5.41) is 238. The quantitative estimate of drug-likeness (QED) is 0.0538. The number of ether oxygens (including phenoxy) is 13. The highest BCUT2D eigenvalue weighted by atomic mass is 16.8. The minimum absolute atomic E-state index is 0.827. The highest BCUT2D eigenvalue weighted by Gasteiger charge is 2.59. The molecule has 0 bridgehead atoms. The smallest absolute Gasteiger partial charge is 0.217 e. The van der Waals surface area contributed by atoms with Crippen LogP contribution in [0.5, 0.6) is 0 Å². The molecule has 37 heteroatoms. The number of rotatable bonds is 20. The highest BCUT2D eigenvalue weighted by Crippen LogP contribution is 2.38. The molecule has 23 N–H and O–H groups in total. The van der Waals surface area contributed by atoms with E-state index in [2.05, 4.69) is 5.32 Å². The van der Waals surface area contributed by atoms with Crippen LogP contribution in [0.1, 0.15) is 6.92 Å². The summed E-state index contributed by atoms with van der Waals surface area (Å²) < 4.78 is 74.9. The third-order valence-electron chi connectivity index (χ3n) is 14.9. The molecule has 0 aromatic carbocycles. The van der Waals surface area contributed by atoms with E-state index < -0.39 is 267 Å². The Hall–Kier alpha value is -1.93. The van der Waals surface area contributed by atoms with Gasteiger partial charge in [0.05, 0.1) is 46.2 Å². The number of carbonyl (C=O) groups excluding carboxylic acids is 1. The molecule has 7 fully saturated rings. The Bertz CT molecular complexity index is 1940. The van der Waals surface area contributed by atoms with E-state index >= 15 is 0 Å². The van der Waals surface area contributed by atoms with Crippen molar-refractivity contribution in [2.75, 3.05) is 46.2 Å². The van der Waals surface area contributed by atoms with Crippen LogP contribution in [0.3, 0.4) is 0 Å². The molecule has 37 nitrogen and oxygen atoms in total. The van der Waals surface area contributed by atoms with Crippen LogP contribution in [0.2, 0.25) is 0 Å². The molecule has 7 saturated heterocycles. The normalized spacial score (nSPS) is 51.9. The van der Waals surface area contributed by atoms with Gasteiger partial charge in [0.1, 0.15) is 171 Å². The zero-order valence-electron chi connectivity index (χ0n) is 42.7. The van der Waals surface area contributed by atoms with Gasteiger partial charge in [-0.15, -0.1) is 0 Å². The van der Waals surface area contributed by atoms with Gasteiger partial charge in [0.2, 0.25) is 5.91 Å². The van der Waals surface area contributed by atoms with E-state index in [0.29, 0.717) is 0 Å². The van der Waals surface area contributed by atoms with Gasteiger partial charge in [-0.1, -0.05) is 0 Å². The van der Waals surface area contributed by atoms with E-state index in [1.807, 2.05) is 0 Å². The predicted octanol–water partition coefficient (Wildman–Crippen LogP) is -16.1. The molecule has 0 radical (unpaired) electrons. The third-order valence-corrected chi connectivity index (χ3v) is 14.9. The van der Waals surface area contributed by atoms with Gasteiger partial charge in [0.15, 0.2) is 44.0 Å². The minimum Gasteiger partial charge on any atom is -0.394 e. The van der Waals surface area contributed by atoms with Crippen LogP contribution in [-0.4, -0.2) is 379 Å². The summed E-state index contributed by atoms with van der Waals surface area (Å²) in [6.45, 7) is -6.10. The summed E-state index contributed by atoms with van der Waals surface area (Å²) in [6, 6.07) is -1.72. The molecule has 0 aromatic heterocycles. The predicted molar refractivity (Wildman–Crippen MR) is 243 cm³/mol. The Kier molecular flexibility index (Phi) is 23.6. The van der Waals surface area contributed by atoms with Crippen molar-refractivity contribution >= 4 is 5.91 Å². The Morgan fingerprint density at radius 1 is 0.321 bits per heavy atom. The number of amides is 1. The standard InChI is InChI=1S/C44H75NO36/c1-9(52)45-17-23(58)18(53)10(2-46)71-39(17)80-37-27(62)22(57)14(6-50)75-44(37)78-34-16(70-38(68)32(67)35(34)79-41-30(65)25(60)20(55)12(4-48)73-41)8-69-43-36(26(61)21(56)13(5-49)74-43)81-42-31(66)28(63)33(15(7-51)76-42)77-40-29(64)24(59)19(54)11(3-47)72-40/h10-44,46-51,53-68H,2-8H2,1H3,(H,45,52)/t10-,11-,12-,13-,14-,15-,16-,17-,18-,19+,20-,21-,22-,23-,24+,25+,26+,27+,28-,29-,30-,31-,32-,33-,34-,35-,36-,37-,38+,39-,40+,41+,42-,43-,44+/m1/s1. The highest BCUT2D eigenvalue weighted by molar-refractivity contribution is 5.73. The molecular formula is C44H75NO36. The van der Waals surface area contributed by atoms with E-state index in [0.717, 1.165) is 6.92 Å². The number of aliphatic hydroxyl groups excluding tert-OH is 22. The molecule has 0 spiro atoms. The molecule has 7 aliphatic heterocycles. The van der Waals surface area contributed by atoms with E-state index in [9.17, 15) is 117 Å². The number of hydrogen-bond donors (Lipinski definition) is 23. The van der Waals surface area contributed by atoms with Crippen molar-refractivity contribution in [2.45, 2.75) is 222 Å². The lowest BCUT2D eigenvalue weighted by Crippen LogP contribution is -2.69. The van der Waals surface area contributed by atoms with Crippen LogP contribution in [-0.2, 0) is 66.4 Å². The first-order chi connectivity index (χ1) is 38.3. The summed E-state index contributed by atoms with van der Waals surface area (Å²) >= 11 is 0. The van der Waals surface area contributed by atoms with Crippen molar-refractivity contribution in [3.05, 3.63) is 0 Å². The molecule has 81 heavy (non-hydrogen) atoms. The topological polar surface area (TPSA) is 594 Å². The van der Waals surface area contributed by atoms with Crippen LogP contribution in [0.25, 0.3) is 0 Å². The fraction of sp³-hybridized carbons (Fsp3) is 0.977. The molecule has 7 rings (SSSR count). The second kappa shape index (κ2) is 28.7. The fourth-order valence-electron chi connectivity index (χ4n) is 10.3.